The lowest BCUT2D eigenvalue weighted by molar-refractivity contribution is 0.524. The van der Waals surface area contributed by atoms with Gasteiger partial charge in [0, 0.05) is 17.1 Å². The molecule has 1 nitrogen and oxygen atoms in total. The van der Waals surface area contributed by atoms with E-state index in [-0.39, 0.29) is 6.04 Å². The number of aryl methyl sites for hydroxylation is 1. The largest absolute Gasteiger partial charge is 0.316 e. The maximum Gasteiger partial charge on any atom is 0.129 e. The Kier molecular flexibility index (Phi) is 5.32. The van der Waals surface area contributed by atoms with E-state index in [9.17, 15) is 8.78 Å². The van der Waals surface area contributed by atoms with Crippen LogP contribution in [0.15, 0.2) is 36.4 Å². The number of hydrogen-bond donors (Lipinski definition) is 1. The van der Waals surface area contributed by atoms with Crippen molar-refractivity contribution in [3.63, 3.8) is 0 Å². The zero-order chi connectivity index (χ0) is 15.4. The molecule has 21 heavy (non-hydrogen) atoms. The molecular formula is C17H18ClF2N. The fraction of sp³-hybridized carbons (Fsp3) is 0.294. The average Bonchev–Trinajstić information content (AvgIpc) is 2.43. The van der Waals surface area contributed by atoms with Crippen molar-refractivity contribution in [2.45, 2.75) is 25.8 Å². The highest BCUT2D eigenvalue weighted by molar-refractivity contribution is 6.31. The van der Waals surface area contributed by atoms with E-state index >= 15 is 0 Å². The van der Waals surface area contributed by atoms with Crippen molar-refractivity contribution in [1.82, 2.24) is 5.32 Å². The van der Waals surface area contributed by atoms with Crippen LogP contribution in [0.25, 0.3) is 0 Å². The molecule has 0 fully saturated rings. The van der Waals surface area contributed by atoms with Gasteiger partial charge >= 0.3 is 0 Å². The first-order valence-corrected chi connectivity index (χ1v) is 7.23. The van der Waals surface area contributed by atoms with Crippen LogP contribution in [0.3, 0.4) is 0 Å². The summed E-state index contributed by atoms with van der Waals surface area (Å²) in [7, 11) is 1.83. The minimum absolute atomic E-state index is 0.0326. The Morgan fingerprint density at radius 3 is 2.33 bits per heavy atom. The lowest BCUT2D eigenvalue weighted by Crippen LogP contribution is -2.30. The Balaban J connectivity index is 2.13. The summed E-state index contributed by atoms with van der Waals surface area (Å²) in [5, 5.41) is 3.88. The predicted molar refractivity (Wildman–Crippen MR) is 82.8 cm³/mol. The Bertz CT molecular complexity index is 575. The predicted octanol–water partition coefficient (Wildman–Crippen LogP) is 4.30. The summed E-state index contributed by atoms with van der Waals surface area (Å²) in [6, 6.07) is 9.64. The third-order valence-corrected chi connectivity index (χ3v) is 3.92. The quantitative estimate of drug-likeness (QED) is 0.868. The molecule has 112 valence electrons. The summed E-state index contributed by atoms with van der Waals surface area (Å²) in [6.07, 6.45) is 1.17. The van der Waals surface area contributed by atoms with Crippen LogP contribution in [0.2, 0.25) is 5.02 Å². The average molecular weight is 310 g/mol. The van der Waals surface area contributed by atoms with Crippen LogP contribution >= 0.6 is 11.6 Å². The summed E-state index contributed by atoms with van der Waals surface area (Å²) >= 11 is 6.23. The SMILES string of the molecule is CNC(Cc1ccc(F)cc1F)Cc1ccc(C)cc1Cl. The normalized spacial score (nSPS) is 12.4. The van der Waals surface area contributed by atoms with Gasteiger partial charge in [0.05, 0.1) is 0 Å². The molecule has 0 spiro atoms. The van der Waals surface area contributed by atoms with Crippen molar-refractivity contribution in [1.29, 1.82) is 0 Å². The molecule has 0 radical (unpaired) electrons. The maximum absolute atomic E-state index is 13.7. The lowest BCUT2D eigenvalue weighted by Gasteiger charge is -2.18. The van der Waals surface area contributed by atoms with Gasteiger partial charge in [-0.1, -0.05) is 29.8 Å². The van der Waals surface area contributed by atoms with Crippen molar-refractivity contribution in [3.8, 4) is 0 Å². The van der Waals surface area contributed by atoms with E-state index in [2.05, 4.69) is 5.32 Å². The summed E-state index contributed by atoms with van der Waals surface area (Å²) in [5.41, 5.74) is 2.62. The van der Waals surface area contributed by atoms with Crippen LogP contribution in [0.1, 0.15) is 16.7 Å². The van der Waals surface area contributed by atoms with Crippen LogP contribution in [0.5, 0.6) is 0 Å². The van der Waals surface area contributed by atoms with Gasteiger partial charge in [-0.2, -0.15) is 0 Å². The molecule has 2 rings (SSSR count). The molecule has 1 unspecified atom stereocenters. The molecule has 0 bridgehead atoms. The van der Waals surface area contributed by atoms with E-state index in [4.69, 9.17) is 11.6 Å². The lowest BCUT2D eigenvalue weighted by atomic mass is 9.98. The first kappa shape index (κ1) is 15.9. The monoisotopic (exact) mass is 309 g/mol. The minimum Gasteiger partial charge on any atom is -0.316 e. The molecule has 0 saturated heterocycles. The molecule has 0 saturated carbocycles. The number of nitrogens with one attached hydrogen (secondary N) is 1. The zero-order valence-electron chi connectivity index (χ0n) is 12.1. The summed E-state index contributed by atoms with van der Waals surface area (Å²) < 4.78 is 26.7. The van der Waals surface area contributed by atoms with Crippen LogP contribution < -0.4 is 5.32 Å². The van der Waals surface area contributed by atoms with Gasteiger partial charge in [0.1, 0.15) is 11.6 Å². The highest BCUT2D eigenvalue weighted by Crippen LogP contribution is 2.21. The topological polar surface area (TPSA) is 12.0 Å². The molecule has 2 aromatic carbocycles. The molecule has 1 N–H and O–H groups in total. The van der Waals surface area contributed by atoms with Gasteiger partial charge in [-0.3, -0.25) is 0 Å². The van der Waals surface area contributed by atoms with E-state index in [0.717, 1.165) is 22.2 Å². The minimum atomic E-state index is -0.557. The smallest absolute Gasteiger partial charge is 0.129 e. The second kappa shape index (κ2) is 7.01. The Morgan fingerprint density at radius 2 is 1.71 bits per heavy atom. The first-order valence-electron chi connectivity index (χ1n) is 6.86. The van der Waals surface area contributed by atoms with Crippen LogP contribution in [0, 0.1) is 18.6 Å². The van der Waals surface area contributed by atoms with E-state index in [1.807, 2.05) is 32.2 Å². The Morgan fingerprint density at radius 1 is 1.05 bits per heavy atom. The fourth-order valence-electron chi connectivity index (χ4n) is 2.31. The van der Waals surface area contributed by atoms with Gasteiger partial charge in [0.2, 0.25) is 0 Å². The van der Waals surface area contributed by atoms with Crippen molar-refractivity contribution in [2.24, 2.45) is 0 Å². The van der Waals surface area contributed by atoms with Crippen LogP contribution in [0.4, 0.5) is 8.78 Å². The maximum atomic E-state index is 13.7. The number of hydrogen-bond acceptors (Lipinski definition) is 1. The second-order valence-electron chi connectivity index (χ2n) is 5.22. The number of halogens is 3. The molecule has 0 heterocycles. The second-order valence-corrected chi connectivity index (χ2v) is 5.63. The fourth-order valence-corrected chi connectivity index (χ4v) is 2.62. The third-order valence-electron chi connectivity index (χ3n) is 3.56. The van der Waals surface area contributed by atoms with E-state index in [1.165, 1.54) is 12.1 Å². The molecule has 0 aromatic heterocycles. The van der Waals surface area contributed by atoms with Crippen molar-refractivity contribution in [2.75, 3.05) is 7.05 Å². The van der Waals surface area contributed by atoms with Gasteiger partial charge < -0.3 is 5.32 Å². The molecule has 4 heteroatoms. The third kappa shape index (κ3) is 4.26. The number of benzene rings is 2. The van der Waals surface area contributed by atoms with Gasteiger partial charge in [0.25, 0.3) is 0 Å². The van der Waals surface area contributed by atoms with Crippen LogP contribution in [-0.2, 0) is 12.8 Å². The van der Waals surface area contributed by atoms with Crippen LogP contribution in [-0.4, -0.2) is 13.1 Å². The number of rotatable bonds is 5. The Labute approximate surface area is 128 Å². The highest BCUT2D eigenvalue weighted by Gasteiger charge is 2.13. The molecule has 0 aliphatic heterocycles. The number of likely N-dealkylation sites (N-methyl/N-ethyl adjacent to an activating group) is 1. The molecular weight excluding hydrogens is 292 g/mol. The molecule has 0 aliphatic rings. The molecule has 2 aromatic rings. The standard InChI is InChI=1S/C17H18ClF2N/c1-11-3-4-12(16(18)7-11)8-15(21-2)9-13-5-6-14(19)10-17(13)20/h3-7,10,15,21H,8-9H2,1-2H3. The van der Waals surface area contributed by atoms with Gasteiger partial charge in [-0.25, -0.2) is 8.78 Å². The first-order chi connectivity index (χ1) is 9.99. The van der Waals surface area contributed by atoms with Gasteiger partial charge in [-0.15, -0.1) is 0 Å². The highest BCUT2D eigenvalue weighted by atomic mass is 35.5. The van der Waals surface area contributed by atoms with E-state index < -0.39 is 11.6 Å². The molecule has 1 atom stereocenters. The Hall–Kier alpha value is -1.45. The van der Waals surface area contributed by atoms with E-state index in [1.54, 1.807) is 0 Å². The van der Waals surface area contributed by atoms with Crippen molar-refractivity contribution in [3.05, 3.63) is 69.7 Å². The summed E-state index contributed by atoms with van der Waals surface area (Å²) in [5.74, 6) is -1.07. The van der Waals surface area contributed by atoms with E-state index in [0.29, 0.717) is 18.4 Å². The van der Waals surface area contributed by atoms with Gasteiger partial charge in [-0.05, 0) is 55.6 Å². The van der Waals surface area contributed by atoms with Crippen molar-refractivity contribution >= 4 is 11.6 Å². The molecule has 0 aliphatic carbocycles. The zero-order valence-corrected chi connectivity index (χ0v) is 12.8. The van der Waals surface area contributed by atoms with Gasteiger partial charge in [0.15, 0.2) is 0 Å². The summed E-state index contributed by atoms with van der Waals surface area (Å²) in [6.45, 7) is 1.99. The summed E-state index contributed by atoms with van der Waals surface area (Å²) in [4.78, 5) is 0. The van der Waals surface area contributed by atoms with Crippen molar-refractivity contribution < 1.29 is 8.78 Å². The molecule has 0 amide bonds.